The summed E-state index contributed by atoms with van der Waals surface area (Å²) in [5.41, 5.74) is 1.12. The third-order valence-corrected chi connectivity index (χ3v) is 8.40. The Morgan fingerprint density at radius 1 is 1.29 bits per heavy atom. The predicted octanol–water partition coefficient (Wildman–Crippen LogP) is 4.24. The second-order valence-electron chi connectivity index (χ2n) is 7.06. The van der Waals surface area contributed by atoms with Gasteiger partial charge in [0, 0.05) is 11.8 Å². The van der Waals surface area contributed by atoms with Crippen molar-refractivity contribution in [1.29, 1.82) is 0 Å². The molecule has 0 unspecified atom stereocenters. The number of rotatable bonds is 8. The summed E-state index contributed by atoms with van der Waals surface area (Å²) in [5, 5.41) is 11.5. The molecule has 0 spiro atoms. The second-order valence-corrected chi connectivity index (χ2v) is 10.5. The number of hydrogen-bond donors (Lipinski definition) is 1. The third-order valence-electron chi connectivity index (χ3n) is 4.98. The van der Waals surface area contributed by atoms with Crippen molar-refractivity contribution in [2.24, 2.45) is 17.8 Å². The number of amides is 1. The first kappa shape index (κ1) is 18.3. The van der Waals surface area contributed by atoms with Crippen molar-refractivity contribution in [2.45, 2.75) is 54.3 Å². The van der Waals surface area contributed by atoms with Crippen molar-refractivity contribution in [1.82, 2.24) is 15.5 Å². The SMILES string of the molecule is C=C(C)CSc1nnc(SCC(=O)N[C@H](C)[C@@H]2C[C@H]3CC[C@H]2C3)s1. The quantitative estimate of drug-likeness (QED) is 0.537. The van der Waals surface area contributed by atoms with Gasteiger partial charge in [0.25, 0.3) is 0 Å². The van der Waals surface area contributed by atoms with Crippen LogP contribution in [-0.2, 0) is 4.79 Å². The Labute approximate surface area is 156 Å². The Bertz CT molecular complexity index is 604. The largest absolute Gasteiger partial charge is 0.353 e. The standard InChI is InChI=1S/C17H25N3OS3/c1-10(2)8-22-16-19-20-17(24-16)23-9-15(21)18-11(3)14-7-12-4-5-13(14)6-12/h11-14H,1,4-9H2,2-3H3,(H,18,21)/t11-,12+,13+,14+/m1/s1. The molecule has 1 aromatic heterocycles. The molecular formula is C17H25N3OS3. The van der Waals surface area contributed by atoms with Crippen molar-refractivity contribution in [3.05, 3.63) is 12.2 Å². The summed E-state index contributed by atoms with van der Waals surface area (Å²) in [6.07, 6.45) is 5.45. The lowest BCUT2D eigenvalue weighted by atomic mass is 9.84. The zero-order chi connectivity index (χ0) is 17.1. The van der Waals surface area contributed by atoms with E-state index < -0.39 is 0 Å². The van der Waals surface area contributed by atoms with Crippen molar-refractivity contribution in [3.8, 4) is 0 Å². The number of nitrogens with zero attached hydrogens (tertiary/aromatic N) is 2. The van der Waals surface area contributed by atoms with E-state index in [0.29, 0.717) is 17.7 Å². The average Bonchev–Trinajstić information content (AvgIpc) is 3.27. The maximum atomic E-state index is 12.2. The molecule has 1 aromatic rings. The molecule has 4 nitrogen and oxygen atoms in total. The van der Waals surface area contributed by atoms with Crippen LogP contribution >= 0.6 is 34.9 Å². The molecule has 24 heavy (non-hydrogen) atoms. The van der Waals surface area contributed by atoms with Crippen LogP contribution in [0.4, 0.5) is 0 Å². The minimum absolute atomic E-state index is 0.113. The van der Waals surface area contributed by atoms with Crippen molar-refractivity contribution >= 4 is 40.8 Å². The van der Waals surface area contributed by atoms with Crippen LogP contribution in [0.5, 0.6) is 0 Å². The van der Waals surface area contributed by atoms with Gasteiger partial charge in [-0.3, -0.25) is 4.79 Å². The van der Waals surface area contributed by atoms with Gasteiger partial charge >= 0.3 is 0 Å². The molecule has 2 saturated carbocycles. The molecule has 0 saturated heterocycles. The summed E-state index contributed by atoms with van der Waals surface area (Å²) in [6, 6.07) is 0.296. The van der Waals surface area contributed by atoms with Gasteiger partial charge in [-0.2, -0.15) is 0 Å². The molecule has 1 heterocycles. The number of aromatic nitrogens is 2. The summed E-state index contributed by atoms with van der Waals surface area (Å²) in [5.74, 6) is 3.84. The highest BCUT2D eigenvalue weighted by atomic mass is 32.2. The van der Waals surface area contributed by atoms with Gasteiger partial charge in [-0.1, -0.05) is 53.4 Å². The smallest absolute Gasteiger partial charge is 0.230 e. The normalized spacial score (nSPS) is 26.5. The van der Waals surface area contributed by atoms with Gasteiger partial charge in [0.2, 0.25) is 5.91 Å². The molecule has 0 aliphatic heterocycles. The van der Waals surface area contributed by atoms with Gasteiger partial charge in [0.15, 0.2) is 8.68 Å². The first-order valence-electron chi connectivity index (χ1n) is 8.54. The van der Waals surface area contributed by atoms with Crippen LogP contribution in [0.1, 0.15) is 39.5 Å². The molecule has 0 aromatic carbocycles. The Hall–Kier alpha value is -0.530. The Kier molecular flexibility index (Phi) is 6.27. The summed E-state index contributed by atoms with van der Waals surface area (Å²) < 4.78 is 1.80. The molecule has 132 valence electrons. The molecule has 1 N–H and O–H groups in total. The number of carbonyl (C=O) groups excluding carboxylic acids is 1. The topological polar surface area (TPSA) is 54.9 Å². The molecule has 1 amide bonds. The first-order chi connectivity index (χ1) is 11.5. The van der Waals surface area contributed by atoms with Gasteiger partial charge in [-0.15, -0.1) is 10.2 Å². The van der Waals surface area contributed by atoms with Crippen LogP contribution in [-0.4, -0.2) is 33.7 Å². The summed E-state index contributed by atoms with van der Waals surface area (Å²) >= 11 is 4.68. The highest BCUT2D eigenvalue weighted by Crippen LogP contribution is 2.49. The lowest BCUT2D eigenvalue weighted by Crippen LogP contribution is -2.40. The summed E-state index contributed by atoms with van der Waals surface area (Å²) in [7, 11) is 0. The fourth-order valence-electron chi connectivity index (χ4n) is 3.93. The molecule has 2 aliphatic carbocycles. The summed E-state index contributed by atoms with van der Waals surface area (Å²) in [4.78, 5) is 12.2. The van der Waals surface area contributed by atoms with Crippen LogP contribution in [0.3, 0.4) is 0 Å². The monoisotopic (exact) mass is 383 g/mol. The van der Waals surface area contributed by atoms with E-state index in [2.05, 4.69) is 29.0 Å². The van der Waals surface area contributed by atoms with Crippen molar-refractivity contribution in [2.75, 3.05) is 11.5 Å². The molecule has 7 heteroatoms. The molecule has 0 radical (unpaired) electrons. The molecule has 2 bridgehead atoms. The molecule has 3 rings (SSSR count). The summed E-state index contributed by atoms with van der Waals surface area (Å²) in [6.45, 7) is 8.07. The van der Waals surface area contributed by atoms with Gasteiger partial charge in [-0.05, 0) is 50.9 Å². The lowest BCUT2D eigenvalue weighted by Gasteiger charge is -2.28. The zero-order valence-electron chi connectivity index (χ0n) is 14.3. The minimum Gasteiger partial charge on any atom is -0.353 e. The fraction of sp³-hybridized carbons (Fsp3) is 0.706. The maximum absolute atomic E-state index is 12.2. The predicted molar refractivity (Wildman–Crippen MR) is 103 cm³/mol. The average molecular weight is 384 g/mol. The number of thioether (sulfide) groups is 2. The van der Waals surface area contributed by atoms with E-state index in [9.17, 15) is 4.79 Å². The molecule has 4 atom stereocenters. The third kappa shape index (κ3) is 4.76. The lowest BCUT2D eigenvalue weighted by molar-refractivity contribution is -0.119. The molecular weight excluding hydrogens is 358 g/mol. The molecule has 2 fully saturated rings. The van der Waals surface area contributed by atoms with E-state index in [-0.39, 0.29) is 5.91 Å². The number of carbonyl (C=O) groups is 1. The van der Waals surface area contributed by atoms with Crippen LogP contribution in [0.25, 0.3) is 0 Å². The van der Waals surface area contributed by atoms with Gasteiger partial charge in [-0.25, -0.2) is 0 Å². The maximum Gasteiger partial charge on any atom is 0.230 e. The van der Waals surface area contributed by atoms with Gasteiger partial charge in [0.05, 0.1) is 5.75 Å². The van der Waals surface area contributed by atoms with E-state index in [1.54, 1.807) is 23.1 Å². The van der Waals surface area contributed by atoms with E-state index in [1.807, 2.05) is 6.92 Å². The Balaban J connectivity index is 1.40. The van der Waals surface area contributed by atoms with Crippen molar-refractivity contribution in [3.63, 3.8) is 0 Å². The number of fused-ring (bicyclic) bond motifs is 2. The Morgan fingerprint density at radius 2 is 2.00 bits per heavy atom. The van der Waals surface area contributed by atoms with Crippen LogP contribution in [0, 0.1) is 17.8 Å². The van der Waals surface area contributed by atoms with Gasteiger partial charge in [0.1, 0.15) is 0 Å². The van der Waals surface area contributed by atoms with Crippen LogP contribution in [0.15, 0.2) is 20.8 Å². The fourth-order valence-corrected chi connectivity index (χ4v) is 6.61. The molecule has 2 aliphatic rings. The zero-order valence-corrected chi connectivity index (χ0v) is 16.7. The van der Waals surface area contributed by atoms with Gasteiger partial charge < -0.3 is 5.32 Å². The van der Waals surface area contributed by atoms with Crippen molar-refractivity contribution < 1.29 is 4.79 Å². The van der Waals surface area contributed by atoms with E-state index in [1.165, 1.54) is 37.4 Å². The van der Waals surface area contributed by atoms with Crippen LogP contribution < -0.4 is 5.32 Å². The van der Waals surface area contributed by atoms with Crippen LogP contribution in [0.2, 0.25) is 0 Å². The van der Waals surface area contributed by atoms with E-state index in [0.717, 1.165) is 31.8 Å². The van der Waals surface area contributed by atoms with E-state index in [4.69, 9.17) is 0 Å². The number of nitrogens with one attached hydrogen (secondary N) is 1. The van der Waals surface area contributed by atoms with E-state index >= 15 is 0 Å². The highest BCUT2D eigenvalue weighted by molar-refractivity contribution is 8.03. The minimum atomic E-state index is 0.113. The first-order valence-corrected chi connectivity index (χ1v) is 11.3. The number of hydrogen-bond acceptors (Lipinski definition) is 6. The highest BCUT2D eigenvalue weighted by Gasteiger charge is 2.42. The second kappa shape index (κ2) is 8.23. The Morgan fingerprint density at radius 3 is 2.58 bits per heavy atom.